The van der Waals surface area contributed by atoms with E-state index in [4.69, 9.17) is 4.74 Å². The number of ether oxygens (including phenoxy) is 1. The van der Waals surface area contributed by atoms with E-state index in [0.717, 1.165) is 44.5 Å². The van der Waals surface area contributed by atoms with Crippen LogP contribution in [0.2, 0.25) is 0 Å². The van der Waals surface area contributed by atoms with Gasteiger partial charge in [0.05, 0.1) is 12.4 Å². The summed E-state index contributed by atoms with van der Waals surface area (Å²) in [4.78, 5) is 19.1. The fraction of sp³-hybridized carbons (Fsp3) is 0.643. The Hall–Kier alpha value is -1.92. The van der Waals surface area contributed by atoms with Crippen LogP contribution in [0.1, 0.15) is 39.0 Å². The van der Waals surface area contributed by atoms with E-state index in [0.29, 0.717) is 6.54 Å². The number of rotatable bonds is 5. The maximum absolute atomic E-state index is 12.7. The molecule has 0 aliphatic heterocycles. The molecule has 7 heteroatoms. The molecular formula is C14H21FN4O2. The first-order valence-electron chi connectivity index (χ1n) is 7.36. The van der Waals surface area contributed by atoms with Crippen molar-refractivity contribution in [3.05, 3.63) is 18.2 Å². The minimum absolute atomic E-state index is 0.0206. The van der Waals surface area contributed by atoms with E-state index in [1.807, 2.05) is 6.92 Å². The number of carbonyl (C=O) groups is 1. The summed E-state index contributed by atoms with van der Waals surface area (Å²) < 4.78 is 18.3. The van der Waals surface area contributed by atoms with Gasteiger partial charge in [0.25, 0.3) is 0 Å². The lowest BCUT2D eigenvalue weighted by Gasteiger charge is -2.28. The molecule has 0 radical (unpaired) electrons. The van der Waals surface area contributed by atoms with Gasteiger partial charge in [-0.3, -0.25) is 0 Å². The predicted octanol–water partition coefficient (Wildman–Crippen LogP) is 2.01. The lowest BCUT2D eigenvalue weighted by Crippen LogP contribution is -2.44. The normalized spacial score (nSPS) is 21.6. The van der Waals surface area contributed by atoms with E-state index in [1.54, 1.807) is 0 Å². The zero-order chi connectivity index (χ0) is 15.1. The highest BCUT2D eigenvalue weighted by atomic mass is 19.1. The second-order valence-electron chi connectivity index (χ2n) is 5.18. The Kier molecular flexibility index (Phi) is 5.71. The Bertz CT molecular complexity index is 447. The van der Waals surface area contributed by atoms with Crippen LogP contribution in [0.5, 0.6) is 6.01 Å². The zero-order valence-corrected chi connectivity index (χ0v) is 12.1. The average Bonchev–Trinajstić information content (AvgIpc) is 2.49. The van der Waals surface area contributed by atoms with Gasteiger partial charge >= 0.3 is 12.0 Å². The van der Waals surface area contributed by atoms with Crippen LogP contribution < -0.4 is 15.4 Å². The molecule has 1 aromatic rings. The number of carbonyl (C=O) groups excluding carboxylic acids is 1. The van der Waals surface area contributed by atoms with Crippen LogP contribution in [-0.4, -0.2) is 34.7 Å². The molecule has 1 aliphatic rings. The largest absolute Gasteiger partial charge is 0.460 e. The van der Waals surface area contributed by atoms with Gasteiger partial charge in [0.1, 0.15) is 6.10 Å². The summed E-state index contributed by atoms with van der Waals surface area (Å²) >= 11 is 0. The molecule has 21 heavy (non-hydrogen) atoms. The average molecular weight is 296 g/mol. The van der Waals surface area contributed by atoms with Crippen LogP contribution in [0.3, 0.4) is 0 Å². The van der Waals surface area contributed by atoms with Crippen LogP contribution in [0, 0.1) is 5.82 Å². The van der Waals surface area contributed by atoms with Gasteiger partial charge in [-0.15, -0.1) is 0 Å². The molecule has 0 saturated heterocycles. The SMILES string of the molecule is CCCNC(=O)NC1CCC(Oc2ncc(F)cn2)CC1. The molecule has 116 valence electrons. The van der Waals surface area contributed by atoms with E-state index in [2.05, 4.69) is 20.6 Å². The maximum atomic E-state index is 12.7. The fourth-order valence-electron chi connectivity index (χ4n) is 2.31. The highest BCUT2D eigenvalue weighted by Crippen LogP contribution is 2.22. The van der Waals surface area contributed by atoms with Crippen molar-refractivity contribution < 1.29 is 13.9 Å². The van der Waals surface area contributed by atoms with Crippen molar-refractivity contribution in [3.63, 3.8) is 0 Å². The summed E-state index contributed by atoms with van der Waals surface area (Å²) in [5.41, 5.74) is 0. The zero-order valence-electron chi connectivity index (χ0n) is 12.1. The van der Waals surface area contributed by atoms with E-state index < -0.39 is 5.82 Å². The molecule has 0 unspecified atom stereocenters. The predicted molar refractivity (Wildman–Crippen MR) is 75.5 cm³/mol. The van der Waals surface area contributed by atoms with Gasteiger partial charge in [0, 0.05) is 12.6 Å². The van der Waals surface area contributed by atoms with E-state index >= 15 is 0 Å². The molecule has 0 aromatic carbocycles. The molecule has 1 heterocycles. The molecule has 1 fully saturated rings. The Morgan fingerprint density at radius 3 is 2.62 bits per heavy atom. The Labute approximate surface area is 123 Å². The minimum Gasteiger partial charge on any atom is -0.460 e. The number of hydrogen-bond donors (Lipinski definition) is 2. The third-order valence-corrected chi connectivity index (χ3v) is 3.41. The third kappa shape index (κ3) is 5.17. The Balaban J connectivity index is 1.70. The van der Waals surface area contributed by atoms with Crippen molar-refractivity contribution in [1.29, 1.82) is 0 Å². The molecule has 2 N–H and O–H groups in total. The van der Waals surface area contributed by atoms with Crippen LogP contribution in [0.15, 0.2) is 12.4 Å². The maximum Gasteiger partial charge on any atom is 0.316 e. The van der Waals surface area contributed by atoms with Gasteiger partial charge in [-0.1, -0.05) is 6.92 Å². The van der Waals surface area contributed by atoms with Crippen molar-refractivity contribution in [2.45, 2.75) is 51.2 Å². The van der Waals surface area contributed by atoms with Gasteiger partial charge in [-0.05, 0) is 32.1 Å². The quantitative estimate of drug-likeness (QED) is 0.871. The molecule has 0 spiro atoms. The smallest absolute Gasteiger partial charge is 0.316 e. The Morgan fingerprint density at radius 2 is 2.00 bits per heavy atom. The molecular weight excluding hydrogens is 275 g/mol. The molecule has 6 nitrogen and oxygen atoms in total. The number of urea groups is 1. The summed E-state index contributed by atoms with van der Waals surface area (Å²) in [5.74, 6) is -0.478. The van der Waals surface area contributed by atoms with E-state index in [1.165, 1.54) is 0 Å². The molecule has 2 rings (SSSR count). The first kappa shape index (κ1) is 15.5. The number of nitrogens with zero attached hydrogens (tertiary/aromatic N) is 2. The van der Waals surface area contributed by atoms with Crippen LogP contribution >= 0.6 is 0 Å². The minimum atomic E-state index is -0.478. The first-order valence-corrected chi connectivity index (χ1v) is 7.36. The second-order valence-corrected chi connectivity index (χ2v) is 5.18. The molecule has 0 atom stereocenters. The molecule has 0 bridgehead atoms. The fourth-order valence-corrected chi connectivity index (χ4v) is 2.31. The summed E-state index contributed by atoms with van der Waals surface area (Å²) in [5, 5.41) is 5.76. The number of nitrogens with one attached hydrogen (secondary N) is 2. The van der Waals surface area contributed by atoms with Gasteiger partial charge in [-0.25, -0.2) is 19.2 Å². The summed E-state index contributed by atoms with van der Waals surface area (Å²) in [7, 11) is 0. The number of aromatic nitrogens is 2. The Morgan fingerprint density at radius 1 is 1.33 bits per heavy atom. The number of amides is 2. The number of hydrogen-bond acceptors (Lipinski definition) is 4. The van der Waals surface area contributed by atoms with Crippen molar-refractivity contribution in [1.82, 2.24) is 20.6 Å². The summed E-state index contributed by atoms with van der Waals surface area (Å²) in [6, 6.07) is 0.271. The molecule has 2 amide bonds. The van der Waals surface area contributed by atoms with Crippen molar-refractivity contribution >= 4 is 6.03 Å². The molecule has 1 saturated carbocycles. The molecule has 1 aromatic heterocycles. The first-order chi connectivity index (χ1) is 10.2. The highest BCUT2D eigenvalue weighted by Gasteiger charge is 2.24. The third-order valence-electron chi connectivity index (χ3n) is 3.41. The van der Waals surface area contributed by atoms with Crippen LogP contribution in [0.4, 0.5) is 9.18 Å². The monoisotopic (exact) mass is 296 g/mol. The van der Waals surface area contributed by atoms with Crippen LogP contribution in [0.25, 0.3) is 0 Å². The van der Waals surface area contributed by atoms with Crippen molar-refractivity contribution in [3.8, 4) is 6.01 Å². The second kappa shape index (κ2) is 7.75. The standard InChI is InChI=1S/C14H21FN4O2/c1-2-7-16-13(20)19-11-3-5-12(6-4-11)21-14-17-8-10(15)9-18-14/h8-9,11-12H,2-7H2,1H3,(H2,16,19,20). The summed E-state index contributed by atoms with van der Waals surface area (Å²) in [6.07, 6.45) is 6.47. The van der Waals surface area contributed by atoms with Crippen molar-refractivity contribution in [2.24, 2.45) is 0 Å². The molecule has 1 aliphatic carbocycles. The topological polar surface area (TPSA) is 76.1 Å². The lowest BCUT2D eigenvalue weighted by atomic mass is 9.93. The van der Waals surface area contributed by atoms with E-state index in [-0.39, 0.29) is 24.2 Å². The van der Waals surface area contributed by atoms with Gasteiger partial charge < -0.3 is 15.4 Å². The van der Waals surface area contributed by atoms with Crippen molar-refractivity contribution in [2.75, 3.05) is 6.54 Å². The summed E-state index contributed by atoms with van der Waals surface area (Å²) in [6.45, 7) is 2.70. The van der Waals surface area contributed by atoms with Gasteiger partial charge in [0.15, 0.2) is 5.82 Å². The number of halogens is 1. The van der Waals surface area contributed by atoms with Gasteiger partial charge in [-0.2, -0.15) is 0 Å². The lowest BCUT2D eigenvalue weighted by molar-refractivity contribution is 0.128. The highest BCUT2D eigenvalue weighted by molar-refractivity contribution is 5.74. The van der Waals surface area contributed by atoms with Gasteiger partial charge in [0.2, 0.25) is 0 Å². The van der Waals surface area contributed by atoms with Crippen LogP contribution in [-0.2, 0) is 0 Å². The van der Waals surface area contributed by atoms with E-state index in [9.17, 15) is 9.18 Å².